The van der Waals surface area contributed by atoms with E-state index in [1.54, 1.807) is 11.2 Å². The van der Waals surface area contributed by atoms with Crippen molar-refractivity contribution in [3.8, 4) is 22.3 Å². The molecule has 58 heavy (non-hydrogen) atoms. The Morgan fingerprint density at radius 1 is 0.724 bits per heavy atom. The van der Waals surface area contributed by atoms with Crippen molar-refractivity contribution in [1.29, 1.82) is 0 Å². The molecule has 3 heterocycles. The lowest BCUT2D eigenvalue weighted by Crippen LogP contribution is -2.43. The molecule has 2 aliphatic heterocycles. The van der Waals surface area contributed by atoms with Crippen molar-refractivity contribution in [2.45, 2.75) is 93.5 Å². The number of rotatable bonds is 7. The smallest absolute Gasteiger partial charge is 0.407 e. The van der Waals surface area contributed by atoms with Gasteiger partial charge in [0.15, 0.2) is 0 Å². The largest absolute Gasteiger partial charge is 0.453 e. The van der Waals surface area contributed by atoms with Crippen LogP contribution in [-0.2, 0) is 25.5 Å². The van der Waals surface area contributed by atoms with Gasteiger partial charge in [0.25, 0.3) is 0 Å². The second-order valence-electron chi connectivity index (χ2n) is 14.0. The summed E-state index contributed by atoms with van der Waals surface area (Å²) in [5, 5.41) is 4.86. The van der Waals surface area contributed by atoms with Crippen LogP contribution in [0.4, 0.5) is 9.59 Å². The van der Waals surface area contributed by atoms with Gasteiger partial charge in [0.05, 0.1) is 37.6 Å². The van der Waals surface area contributed by atoms with E-state index >= 15 is 0 Å². The molecule has 12 heteroatoms. The molecule has 2 fully saturated rings. The van der Waals surface area contributed by atoms with E-state index in [1.165, 1.54) is 54.9 Å². The number of H-pyrrole nitrogens is 1. The van der Waals surface area contributed by atoms with Crippen molar-refractivity contribution >= 4 is 41.1 Å². The summed E-state index contributed by atoms with van der Waals surface area (Å²) in [7, 11) is 2.57. The van der Waals surface area contributed by atoms with Crippen LogP contribution in [0.1, 0.15) is 92.2 Å². The Bertz CT molecular complexity index is 1930. The number of alkyl carbamates (subject to hydrolysis) is 2. The van der Waals surface area contributed by atoms with Crippen molar-refractivity contribution < 1.29 is 28.7 Å². The van der Waals surface area contributed by atoms with Crippen molar-refractivity contribution in [1.82, 2.24) is 30.4 Å². The minimum atomic E-state index is -0.587. The van der Waals surface area contributed by atoms with E-state index in [9.17, 15) is 19.2 Å². The topological polar surface area (TPSA) is 146 Å². The number of carbonyl (C=O) groups is 4. The van der Waals surface area contributed by atoms with E-state index in [-0.39, 0.29) is 45.8 Å². The molecule has 1 aliphatic carbocycles. The first-order chi connectivity index (χ1) is 27.1. The molecule has 4 aromatic rings. The van der Waals surface area contributed by atoms with Crippen LogP contribution >= 0.6 is 0 Å². The fourth-order valence-corrected chi connectivity index (χ4v) is 6.80. The highest BCUT2D eigenvalue weighted by molar-refractivity contribution is 5.85. The first-order valence-electron chi connectivity index (χ1n) is 19.7. The van der Waals surface area contributed by atoms with Gasteiger partial charge in [0.1, 0.15) is 13.1 Å². The van der Waals surface area contributed by atoms with Crippen LogP contribution in [0.25, 0.3) is 39.4 Å². The lowest BCUT2D eigenvalue weighted by Gasteiger charge is -2.26. The molecule has 2 saturated heterocycles. The molecule has 0 radical (unpaired) electrons. The minimum absolute atomic E-state index is 0. The normalized spacial score (nSPS) is 14.7. The number of hydrogen-bond donors (Lipinski definition) is 3. The van der Waals surface area contributed by atoms with Gasteiger partial charge in [-0.1, -0.05) is 104 Å². The van der Waals surface area contributed by atoms with Crippen molar-refractivity contribution in [2.24, 2.45) is 0 Å². The van der Waals surface area contributed by atoms with Gasteiger partial charge >= 0.3 is 12.2 Å². The molecule has 0 saturated carbocycles. The summed E-state index contributed by atoms with van der Waals surface area (Å²) in [4.78, 5) is 57.2. The Labute approximate surface area is 345 Å². The minimum Gasteiger partial charge on any atom is -0.453 e. The Morgan fingerprint density at radius 2 is 1.26 bits per heavy atom. The summed E-state index contributed by atoms with van der Waals surface area (Å²) >= 11 is 0. The first kappa shape index (κ1) is 48.5. The van der Waals surface area contributed by atoms with E-state index < -0.39 is 12.2 Å². The monoisotopic (exact) mass is 799 g/mol. The molecule has 12 nitrogen and oxygen atoms in total. The summed E-state index contributed by atoms with van der Waals surface area (Å²) in [6.07, 6.45) is 10.2. The molecule has 0 spiro atoms. The van der Waals surface area contributed by atoms with Crippen LogP contribution in [0, 0.1) is 0 Å². The van der Waals surface area contributed by atoms with Crippen LogP contribution in [0.3, 0.4) is 0 Å². The van der Waals surface area contributed by atoms with Gasteiger partial charge in [0, 0.05) is 19.6 Å². The standard InChI is InChI=1S/C30H28N4O3.C8H14N2O3.2C3H8.2CH4/c1-37-30(36)31-17-29(35)34-12-2-3-28(34)25-14-22-9-8-21(13-24(22)15-25)19-4-6-20(7-5-19)23-10-11-26-27(16-23)33-18-32-26;1-13-8(12)9-6-7(11)10-4-2-3-5-10;2*1-3-2;;/h4-11,13,15-16,18,28H,2-3,12,14,17H2,1H3,(H,31,36)(H,32,33);2-6H2,1H3,(H,9,12);2*3H2,1-2H3;2*1H4. The molecule has 4 amide bonds. The molecular formula is C46H66N6O6. The molecule has 1 atom stereocenters. The second-order valence-corrected chi connectivity index (χ2v) is 14.0. The number of likely N-dealkylation sites (tertiary alicyclic amines) is 2. The maximum atomic E-state index is 12.7. The number of ether oxygens (including phenoxy) is 2. The highest BCUT2D eigenvalue weighted by atomic mass is 16.5. The van der Waals surface area contributed by atoms with Crippen LogP contribution in [0.15, 0.2) is 72.6 Å². The average Bonchev–Trinajstić information content (AvgIpc) is 4.06. The number of hydrogen-bond acceptors (Lipinski definition) is 7. The summed E-state index contributed by atoms with van der Waals surface area (Å²) in [6.45, 7) is 10.8. The SMILES string of the molecule is C.C.CCC.CCC.COC(=O)NCC(=O)N1CCCC1.COC(=O)NCC(=O)N1CCCC1C1=Cc2cc(-c3ccc(-c4ccc5nc[nH]c5c4)cc3)ccc2C1. The van der Waals surface area contributed by atoms with E-state index in [0.29, 0.717) is 6.54 Å². The maximum absolute atomic E-state index is 12.7. The molecule has 1 unspecified atom stereocenters. The van der Waals surface area contributed by atoms with E-state index in [1.807, 2.05) is 11.0 Å². The number of nitrogens with one attached hydrogen (secondary N) is 3. The van der Waals surface area contributed by atoms with Crippen LogP contribution in [0.5, 0.6) is 0 Å². The summed E-state index contributed by atoms with van der Waals surface area (Å²) < 4.78 is 8.93. The van der Waals surface area contributed by atoms with E-state index in [2.05, 4.69) is 118 Å². The Morgan fingerprint density at radius 3 is 1.84 bits per heavy atom. The molecule has 0 bridgehead atoms. The van der Waals surface area contributed by atoms with Gasteiger partial charge in [-0.05, 0) is 89.3 Å². The Kier molecular flexibility index (Phi) is 20.8. The fraction of sp³-hybridized carbons (Fsp3) is 0.457. The Balaban J connectivity index is 0.000000464. The summed E-state index contributed by atoms with van der Waals surface area (Å²) in [5.41, 5.74) is 10.4. The van der Waals surface area contributed by atoms with Gasteiger partial charge in [-0.3, -0.25) is 9.59 Å². The molecular weight excluding hydrogens is 733 g/mol. The zero-order valence-corrected chi connectivity index (χ0v) is 33.8. The van der Waals surface area contributed by atoms with Gasteiger partial charge in [-0.25, -0.2) is 14.6 Å². The zero-order valence-electron chi connectivity index (χ0n) is 33.8. The van der Waals surface area contributed by atoms with Crippen molar-refractivity contribution in [3.63, 3.8) is 0 Å². The van der Waals surface area contributed by atoms with Gasteiger partial charge in [-0.15, -0.1) is 0 Å². The molecule has 3 N–H and O–H groups in total. The third kappa shape index (κ3) is 13.5. The first-order valence-corrected chi connectivity index (χ1v) is 19.7. The summed E-state index contributed by atoms with van der Waals surface area (Å²) in [6, 6.07) is 21.6. The Hall–Kier alpha value is -5.65. The number of aromatic amines is 1. The van der Waals surface area contributed by atoms with Crippen LogP contribution in [-0.4, -0.2) is 96.8 Å². The van der Waals surface area contributed by atoms with Crippen molar-refractivity contribution in [2.75, 3.05) is 46.9 Å². The van der Waals surface area contributed by atoms with Gasteiger partial charge in [-0.2, -0.15) is 0 Å². The third-order valence-corrected chi connectivity index (χ3v) is 9.45. The molecule has 1 aromatic heterocycles. The third-order valence-electron chi connectivity index (χ3n) is 9.45. The quantitative estimate of drug-likeness (QED) is 0.169. The molecule has 3 aliphatic rings. The number of carbonyl (C=O) groups excluding carboxylic acids is 4. The van der Waals surface area contributed by atoms with E-state index in [0.717, 1.165) is 67.4 Å². The molecule has 7 rings (SSSR count). The highest BCUT2D eigenvalue weighted by Crippen LogP contribution is 2.36. The number of fused-ring (bicyclic) bond motifs is 2. The number of imidazole rings is 1. The fourth-order valence-electron chi connectivity index (χ4n) is 6.80. The van der Waals surface area contributed by atoms with Crippen molar-refractivity contribution in [3.05, 3.63) is 83.7 Å². The number of benzene rings is 3. The number of nitrogens with zero attached hydrogens (tertiary/aromatic N) is 3. The predicted octanol–water partition coefficient (Wildman–Crippen LogP) is 9.25. The average molecular weight is 799 g/mol. The van der Waals surface area contributed by atoms with Crippen LogP contribution < -0.4 is 10.6 Å². The maximum Gasteiger partial charge on any atom is 0.407 e. The lowest BCUT2D eigenvalue weighted by molar-refractivity contribution is -0.130. The zero-order chi connectivity index (χ0) is 40.5. The predicted molar refractivity (Wildman–Crippen MR) is 235 cm³/mol. The number of methoxy groups -OCH3 is 2. The number of aromatic nitrogens is 2. The van der Waals surface area contributed by atoms with Crippen LogP contribution in [0.2, 0.25) is 0 Å². The number of amides is 4. The molecule has 316 valence electrons. The second kappa shape index (κ2) is 24.9. The summed E-state index contributed by atoms with van der Waals surface area (Å²) in [5.74, 6) is -0.111. The lowest BCUT2D eigenvalue weighted by atomic mass is 9.97. The van der Waals surface area contributed by atoms with E-state index in [4.69, 9.17) is 0 Å². The van der Waals surface area contributed by atoms with Gasteiger partial charge in [0.2, 0.25) is 11.8 Å². The highest BCUT2D eigenvalue weighted by Gasteiger charge is 2.33. The molecule has 3 aromatic carbocycles. The van der Waals surface area contributed by atoms with Gasteiger partial charge < -0.3 is 34.9 Å².